The van der Waals surface area contributed by atoms with Crippen LogP contribution in [-0.4, -0.2) is 5.11 Å². The summed E-state index contributed by atoms with van der Waals surface area (Å²) < 4.78 is 14.3. The van der Waals surface area contributed by atoms with Gasteiger partial charge in [-0.25, -0.2) is 4.39 Å². The van der Waals surface area contributed by atoms with Gasteiger partial charge in [0.2, 0.25) is 0 Å². The topological polar surface area (TPSA) is 20.2 Å². The summed E-state index contributed by atoms with van der Waals surface area (Å²) >= 11 is -0.556. The standard InChI is InChI=1S/C21H28FOP.2ClH.Ti/c1-13-9-8-10-16(22)19(13)24-17-12-14(20(2,3)4)11-15(18(17)23)21(5,6)7;;;/h8-12,23-24H,1-7H3;2*1H;/q;;;+2/p-2. The molecule has 0 bridgehead atoms. The van der Waals surface area contributed by atoms with Crippen LogP contribution < -0.4 is 10.6 Å². The van der Waals surface area contributed by atoms with Crippen LogP contribution in [0.15, 0.2) is 30.3 Å². The van der Waals surface area contributed by atoms with Gasteiger partial charge in [0, 0.05) is 16.2 Å². The Bertz CT molecular complexity index is 763. The van der Waals surface area contributed by atoms with Crippen molar-refractivity contribution in [2.45, 2.75) is 59.3 Å². The molecule has 0 aliphatic carbocycles. The van der Waals surface area contributed by atoms with Crippen molar-refractivity contribution in [2.24, 2.45) is 0 Å². The van der Waals surface area contributed by atoms with Crippen LogP contribution in [0.25, 0.3) is 0 Å². The van der Waals surface area contributed by atoms with Gasteiger partial charge in [-0.3, -0.25) is 0 Å². The zero-order valence-corrected chi connectivity index (χ0v) is 21.0. The molecule has 148 valence electrons. The van der Waals surface area contributed by atoms with Gasteiger partial charge in [0.1, 0.15) is 11.6 Å². The van der Waals surface area contributed by atoms with Gasteiger partial charge in [-0.2, -0.15) is 0 Å². The van der Waals surface area contributed by atoms with Crippen molar-refractivity contribution in [3.8, 4) is 5.75 Å². The molecule has 0 aromatic heterocycles. The average molecular weight is 465 g/mol. The number of aryl methyl sites for hydroxylation is 1. The van der Waals surface area contributed by atoms with Crippen LogP contribution in [0, 0.1) is 12.7 Å². The third kappa shape index (κ3) is 7.02. The van der Waals surface area contributed by atoms with Gasteiger partial charge < -0.3 is 5.11 Å². The quantitative estimate of drug-likeness (QED) is 0.400. The normalized spacial score (nSPS) is 12.1. The molecule has 6 heteroatoms. The minimum absolute atomic E-state index is 0.0305. The van der Waals surface area contributed by atoms with Crippen LogP contribution in [-0.2, 0) is 27.9 Å². The number of halogens is 3. The van der Waals surface area contributed by atoms with Crippen molar-refractivity contribution in [3.63, 3.8) is 0 Å². The molecule has 0 fully saturated rings. The van der Waals surface area contributed by atoms with Crippen LogP contribution >= 0.6 is 27.2 Å². The second-order valence-electron chi connectivity index (χ2n) is 8.55. The SMILES string of the molecule is Cc1cccc(F)c1Pc1cc(C(C)(C)C)cc(C(C)(C)C)c1O.[Cl][Ti][Cl]. The molecular weight excluding hydrogens is 437 g/mol. The number of phenolic OH excluding ortho intramolecular Hbond substituents is 1. The zero-order chi connectivity index (χ0) is 21.0. The first-order valence-electron chi connectivity index (χ1n) is 8.69. The van der Waals surface area contributed by atoms with E-state index in [4.69, 9.17) is 18.6 Å². The van der Waals surface area contributed by atoms with Gasteiger partial charge in [-0.05, 0) is 41.0 Å². The molecule has 27 heavy (non-hydrogen) atoms. The van der Waals surface area contributed by atoms with E-state index < -0.39 is 17.0 Å². The number of hydrogen-bond donors (Lipinski definition) is 1. The van der Waals surface area contributed by atoms with Crippen molar-refractivity contribution in [2.75, 3.05) is 0 Å². The van der Waals surface area contributed by atoms with E-state index in [9.17, 15) is 9.50 Å². The molecule has 0 saturated heterocycles. The molecule has 0 amide bonds. The fourth-order valence-electron chi connectivity index (χ4n) is 2.66. The third-order valence-corrected chi connectivity index (χ3v) is 5.80. The van der Waals surface area contributed by atoms with Gasteiger partial charge in [-0.1, -0.05) is 68.3 Å². The summed E-state index contributed by atoms with van der Waals surface area (Å²) in [6.07, 6.45) is 0. The van der Waals surface area contributed by atoms with E-state index in [-0.39, 0.29) is 25.2 Å². The first kappa shape index (κ1) is 24.9. The van der Waals surface area contributed by atoms with Crippen molar-refractivity contribution in [1.82, 2.24) is 0 Å². The summed E-state index contributed by atoms with van der Waals surface area (Å²) in [5.41, 5.74) is 2.81. The maximum absolute atomic E-state index is 14.3. The van der Waals surface area contributed by atoms with Crippen molar-refractivity contribution >= 4 is 37.8 Å². The molecule has 1 N–H and O–H groups in total. The summed E-state index contributed by atoms with van der Waals surface area (Å²) in [6, 6.07) is 9.27. The molecule has 2 aromatic carbocycles. The molecule has 1 unspecified atom stereocenters. The van der Waals surface area contributed by atoms with E-state index in [1.54, 1.807) is 6.07 Å². The first-order valence-corrected chi connectivity index (χ1v) is 14.0. The Morgan fingerprint density at radius 2 is 1.56 bits per heavy atom. The van der Waals surface area contributed by atoms with Crippen LogP contribution in [0.1, 0.15) is 58.2 Å². The maximum atomic E-state index is 14.3. The van der Waals surface area contributed by atoms with Gasteiger partial charge in [-0.15, -0.1) is 0 Å². The summed E-state index contributed by atoms with van der Waals surface area (Å²) in [6.45, 7) is 14.7. The Morgan fingerprint density at radius 1 is 1.00 bits per heavy atom. The van der Waals surface area contributed by atoms with Crippen molar-refractivity contribution < 1.29 is 26.5 Å². The van der Waals surface area contributed by atoms with E-state index in [0.717, 1.165) is 16.4 Å². The predicted octanol–water partition coefficient (Wildman–Crippen LogP) is 6.44. The molecular formula is C21H28Cl2FOPTi. The van der Waals surface area contributed by atoms with Crippen molar-refractivity contribution in [3.05, 3.63) is 52.8 Å². The number of aromatic hydroxyl groups is 1. The summed E-state index contributed by atoms with van der Waals surface area (Å²) in [4.78, 5) is 0. The predicted molar refractivity (Wildman–Crippen MR) is 116 cm³/mol. The Hall–Kier alpha value is -0.106. The number of benzene rings is 2. The molecule has 0 heterocycles. The van der Waals surface area contributed by atoms with Crippen LogP contribution in [0.3, 0.4) is 0 Å². The molecule has 0 aliphatic rings. The van der Waals surface area contributed by atoms with Crippen molar-refractivity contribution in [1.29, 1.82) is 0 Å². The number of rotatable bonds is 2. The molecule has 0 radical (unpaired) electrons. The van der Waals surface area contributed by atoms with Crippen LogP contribution in [0.5, 0.6) is 5.75 Å². The Morgan fingerprint density at radius 3 is 2.00 bits per heavy atom. The van der Waals surface area contributed by atoms with E-state index >= 15 is 0 Å². The average Bonchev–Trinajstić information content (AvgIpc) is 2.51. The van der Waals surface area contributed by atoms with Crippen LogP contribution in [0.2, 0.25) is 0 Å². The van der Waals surface area contributed by atoms with E-state index in [1.807, 2.05) is 19.1 Å². The second kappa shape index (κ2) is 10.1. The first-order chi connectivity index (χ1) is 12.3. The summed E-state index contributed by atoms with van der Waals surface area (Å²) in [5.74, 6) is 0.0997. The molecule has 2 aromatic rings. The number of phenols is 1. The van der Waals surface area contributed by atoms with Gasteiger partial charge in [0.05, 0.1) is 0 Å². The van der Waals surface area contributed by atoms with E-state index in [1.165, 1.54) is 11.6 Å². The molecule has 2 rings (SSSR count). The van der Waals surface area contributed by atoms with Gasteiger partial charge in [0.15, 0.2) is 0 Å². The fourth-order valence-corrected chi connectivity index (χ4v) is 3.89. The summed E-state index contributed by atoms with van der Waals surface area (Å²) in [7, 11) is 9.88. The zero-order valence-electron chi connectivity index (χ0n) is 17.0. The molecule has 0 spiro atoms. The van der Waals surface area contributed by atoms with E-state index in [0.29, 0.717) is 11.1 Å². The third-order valence-electron chi connectivity index (χ3n) is 4.27. The Labute approximate surface area is 181 Å². The Balaban J connectivity index is 0.00000114. The molecule has 0 aliphatic heterocycles. The fraction of sp³-hybridized carbons (Fsp3) is 0.429. The molecule has 0 saturated carbocycles. The number of hydrogen-bond acceptors (Lipinski definition) is 1. The van der Waals surface area contributed by atoms with E-state index in [2.05, 4.69) is 47.6 Å². The van der Waals surface area contributed by atoms with Gasteiger partial charge >= 0.3 is 35.6 Å². The minimum atomic E-state index is -0.556. The monoisotopic (exact) mass is 464 g/mol. The Kier molecular flexibility index (Phi) is 9.31. The van der Waals surface area contributed by atoms with Crippen LogP contribution in [0.4, 0.5) is 4.39 Å². The second-order valence-corrected chi connectivity index (χ2v) is 12.4. The van der Waals surface area contributed by atoms with Gasteiger partial charge in [0.25, 0.3) is 0 Å². The molecule has 1 atom stereocenters. The summed E-state index contributed by atoms with van der Waals surface area (Å²) in [5, 5.41) is 12.3. The molecule has 1 nitrogen and oxygen atoms in total.